The first kappa shape index (κ1) is 13.1. The molecule has 2 heterocycles. The summed E-state index contributed by atoms with van der Waals surface area (Å²) in [4.78, 5) is 29.2. The number of amides is 1. The molecular formula is C14H14ClN3O2. The summed E-state index contributed by atoms with van der Waals surface area (Å²) in [5.74, 6) is 0.450. The van der Waals surface area contributed by atoms with Gasteiger partial charge in [-0.15, -0.1) is 0 Å². The van der Waals surface area contributed by atoms with Crippen molar-refractivity contribution in [1.29, 1.82) is 0 Å². The molecular weight excluding hydrogens is 278 g/mol. The first-order valence-electron chi connectivity index (χ1n) is 6.47. The standard InChI is InChI=1S/C14H14ClN3O2/c1-7(2)12-13(19)16-6-11-17-10-4-3-8(15)5-9(10)14(20)18(11)12/h3-5,7,12H,6H2,1-2H3,(H,16,19)/t12-/m0/s1. The van der Waals surface area contributed by atoms with Crippen LogP contribution < -0.4 is 10.9 Å². The van der Waals surface area contributed by atoms with Gasteiger partial charge in [-0.25, -0.2) is 4.98 Å². The van der Waals surface area contributed by atoms with Gasteiger partial charge in [-0.2, -0.15) is 0 Å². The molecule has 1 aromatic carbocycles. The number of fused-ring (bicyclic) bond motifs is 2. The molecule has 0 saturated carbocycles. The molecule has 2 aromatic rings. The first-order chi connectivity index (χ1) is 9.49. The van der Waals surface area contributed by atoms with Crippen LogP contribution in [-0.2, 0) is 11.3 Å². The lowest BCUT2D eigenvalue weighted by atomic mass is 10.0. The zero-order valence-corrected chi connectivity index (χ0v) is 11.9. The largest absolute Gasteiger partial charge is 0.347 e. The van der Waals surface area contributed by atoms with Crippen LogP contribution in [0.5, 0.6) is 0 Å². The Labute approximate surface area is 120 Å². The van der Waals surface area contributed by atoms with E-state index in [9.17, 15) is 9.59 Å². The smallest absolute Gasteiger partial charge is 0.262 e. The molecule has 1 N–H and O–H groups in total. The first-order valence-corrected chi connectivity index (χ1v) is 6.85. The highest BCUT2D eigenvalue weighted by molar-refractivity contribution is 6.31. The van der Waals surface area contributed by atoms with E-state index in [-0.39, 0.29) is 23.9 Å². The lowest BCUT2D eigenvalue weighted by Gasteiger charge is -2.29. The Kier molecular flexibility index (Phi) is 3.01. The predicted octanol–water partition coefficient (Wildman–Crippen LogP) is 1.88. The zero-order valence-electron chi connectivity index (χ0n) is 11.2. The maximum Gasteiger partial charge on any atom is 0.262 e. The van der Waals surface area contributed by atoms with Crippen LogP contribution in [0.15, 0.2) is 23.0 Å². The van der Waals surface area contributed by atoms with Gasteiger partial charge in [0, 0.05) is 5.02 Å². The summed E-state index contributed by atoms with van der Waals surface area (Å²) >= 11 is 5.95. The van der Waals surface area contributed by atoms with Gasteiger partial charge in [-0.1, -0.05) is 25.4 Å². The molecule has 0 bridgehead atoms. The second-order valence-electron chi connectivity index (χ2n) is 5.27. The number of carbonyl (C=O) groups excluding carboxylic acids is 1. The normalized spacial score (nSPS) is 18.2. The molecule has 1 aliphatic heterocycles. The molecule has 20 heavy (non-hydrogen) atoms. The fourth-order valence-corrected chi connectivity index (χ4v) is 2.79. The SMILES string of the molecule is CC(C)[C@H]1C(=O)NCc2nc3ccc(Cl)cc3c(=O)n21. The van der Waals surface area contributed by atoms with Crippen molar-refractivity contribution in [1.82, 2.24) is 14.9 Å². The Morgan fingerprint density at radius 2 is 2.15 bits per heavy atom. The maximum atomic E-state index is 12.7. The molecule has 0 aliphatic carbocycles. The van der Waals surface area contributed by atoms with E-state index in [1.807, 2.05) is 13.8 Å². The van der Waals surface area contributed by atoms with Crippen LogP contribution >= 0.6 is 11.6 Å². The van der Waals surface area contributed by atoms with Gasteiger partial charge in [0.2, 0.25) is 5.91 Å². The summed E-state index contributed by atoms with van der Waals surface area (Å²) in [6.07, 6.45) is 0. The van der Waals surface area contributed by atoms with Crippen molar-refractivity contribution in [2.75, 3.05) is 0 Å². The number of aromatic nitrogens is 2. The van der Waals surface area contributed by atoms with Crippen LogP contribution in [0.4, 0.5) is 0 Å². The van der Waals surface area contributed by atoms with Crippen LogP contribution in [0.25, 0.3) is 10.9 Å². The number of halogens is 1. The number of benzene rings is 1. The van der Waals surface area contributed by atoms with Gasteiger partial charge in [0.1, 0.15) is 11.9 Å². The molecule has 0 radical (unpaired) electrons. The Bertz CT molecular complexity index is 767. The van der Waals surface area contributed by atoms with Gasteiger partial charge in [0.25, 0.3) is 5.56 Å². The number of nitrogens with one attached hydrogen (secondary N) is 1. The van der Waals surface area contributed by atoms with Crippen LogP contribution in [0.1, 0.15) is 25.7 Å². The monoisotopic (exact) mass is 291 g/mol. The molecule has 0 unspecified atom stereocenters. The van der Waals surface area contributed by atoms with Gasteiger partial charge >= 0.3 is 0 Å². The van der Waals surface area contributed by atoms with Gasteiger partial charge in [-0.05, 0) is 24.1 Å². The minimum atomic E-state index is -0.526. The molecule has 1 aliphatic rings. The van der Waals surface area contributed by atoms with Crippen molar-refractivity contribution < 1.29 is 4.79 Å². The lowest BCUT2D eigenvalue weighted by Crippen LogP contribution is -2.47. The predicted molar refractivity (Wildman–Crippen MR) is 76.7 cm³/mol. The Balaban J connectivity index is 2.36. The number of carbonyl (C=O) groups is 1. The number of hydrogen-bond donors (Lipinski definition) is 1. The molecule has 0 saturated heterocycles. The van der Waals surface area contributed by atoms with Gasteiger partial charge in [0.05, 0.1) is 17.4 Å². The van der Waals surface area contributed by atoms with Gasteiger partial charge in [-0.3, -0.25) is 14.2 Å². The summed E-state index contributed by atoms with van der Waals surface area (Å²) in [5.41, 5.74) is 0.394. The van der Waals surface area contributed by atoms with Crippen molar-refractivity contribution in [3.8, 4) is 0 Å². The van der Waals surface area contributed by atoms with E-state index < -0.39 is 6.04 Å². The van der Waals surface area contributed by atoms with Crippen LogP contribution in [-0.4, -0.2) is 15.5 Å². The summed E-state index contributed by atoms with van der Waals surface area (Å²) in [7, 11) is 0. The zero-order chi connectivity index (χ0) is 14.4. The van der Waals surface area contributed by atoms with Crippen molar-refractivity contribution in [3.05, 3.63) is 39.4 Å². The summed E-state index contributed by atoms with van der Waals surface area (Å²) < 4.78 is 1.50. The van der Waals surface area contributed by atoms with Crippen LogP contribution in [0.2, 0.25) is 5.02 Å². The molecule has 104 valence electrons. The molecule has 6 heteroatoms. The number of hydrogen-bond acceptors (Lipinski definition) is 3. The minimum absolute atomic E-state index is 0.00480. The molecule has 3 rings (SSSR count). The van der Waals surface area contributed by atoms with Crippen molar-refractivity contribution >= 4 is 28.4 Å². The topological polar surface area (TPSA) is 64.0 Å². The molecule has 1 aromatic heterocycles. The summed E-state index contributed by atoms with van der Waals surface area (Å²) in [6, 6.07) is 4.50. The molecule has 0 fully saturated rings. The average molecular weight is 292 g/mol. The molecule has 5 nitrogen and oxygen atoms in total. The third-order valence-corrected chi connectivity index (χ3v) is 3.77. The summed E-state index contributed by atoms with van der Waals surface area (Å²) in [6.45, 7) is 4.10. The summed E-state index contributed by atoms with van der Waals surface area (Å²) in [5, 5.41) is 3.72. The van der Waals surface area contributed by atoms with E-state index in [0.717, 1.165) is 0 Å². The van der Waals surface area contributed by atoms with E-state index in [1.165, 1.54) is 4.57 Å². The van der Waals surface area contributed by atoms with E-state index in [0.29, 0.717) is 21.7 Å². The molecule has 1 amide bonds. The number of rotatable bonds is 1. The third kappa shape index (κ3) is 1.89. The minimum Gasteiger partial charge on any atom is -0.347 e. The maximum absolute atomic E-state index is 12.7. The van der Waals surface area contributed by atoms with E-state index in [2.05, 4.69) is 10.3 Å². The molecule has 0 spiro atoms. The quantitative estimate of drug-likeness (QED) is 0.872. The second-order valence-corrected chi connectivity index (χ2v) is 5.71. The highest BCUT2D eigenvalue weighted by atomic mass is 35.5. The Morgan fingerprint density at radius 1 is 1.40 bits per heavy atom. The van der Waals surface area contributed by atoms with E-state index in [4.69, 9.17) is 11.6 Å². The lowest BCUT2D eigenvalue weighted by molar-refractivity contribution is -0.127. The van der Waals surface area contributed by atoms with Gasteiger partial charge in [0.15, 0.2) is 0 Å². The van der Waals surface area contributed by atoms with E-state index in [1.54, 1.807) is 18.2 Å². The second kappa shape index (κ2) is 4.59. The highest BCUT2D eigenvalue weighted by Crippen LogP contribution is 2.23. The van der Waals surface area contributed by atoms with Crippen molar-refractivity contribution in [2.24, 2.45) is 5.92 Å². The van der Waals surface area contributed by atoms with Crippen molar-refractivity contribution in [2.45, 2.75) is 26.4 Å². The van der Waals surface area contributed by atoms with Crippen LogP contribution in [0.3, 0.4) is 0 Å². The Morgan fingerprint density at radius 3 is 2.85 bits per heavy atom. The van der Waals surface area contributed by atoms with Crippen LogP contribution in [0, 0.1) is 5.92 Å². The fraction of sp³-hybridized carbons (Fsp3) is 0.357. The van der Waals surface area contributed by atoms with Crippen molar-refractivity contribution in [3.63, 3.8) is 0 Å². The van der Waals surface area contributed by atoms with E-state index >= 15 is 0 Å². The number of nitrogens with zero attached hydrogens (tertiary/aromatic N) is 2. The Hall–Kier alpha value is -1.88. The highest BCUT2D eigenvalue weighted by Gasteiger charge is 2.32. The van der Waals surface area contributed by atoms with Gasteiger partial charge < -0.3 is 5.32 Å². The average Bonchev–Trinajstić information content (AvgIpc) is 2.40. The molecule has 1 atom stereocenters. The fourth-order valence-electron chi connectivity index (χ4n) is 2.62. The third-order valence-electron chi connectivity index (χ3n) is 3.53.